The molecule has 1 fully saturated rings. The van der Waals surface area contributed by atoms with Gasteiger partial charge in [-0.1, -0.05) is 49.2 Å². The van der Waals surface area contributed by atoms with Crippen molar-refractivity contribution >= 4 is 5.91 Å². The van der Waals surface area contributed by atoms with Crippen molar-refractivity contribution in [3.8, 4) is 17.1 Å². The Morgan fingerprint density at radius 1 is 1.14 bits per heavy atom. The third-order valence-corrected chi connectivity index (χ3v) is 5.39. The van der Waals surface area contributed by atoms with Crippen LogP contribution in [0.2, 0.25) is 0 Å². The van der Waals surface area contributed by atoms with Gasteiger partial charge >= 0.3 is 0 Å². The van der Waals surface area contributed by atoms with Gasteiger partial charge in [0.1, 0.15) is 12.1 Å². The quantitative estimate of drug-likeness (QED) is 0.704. The fraction of sp³-hybridized carbons (Fsp3) is 0.318. The molecular formula is C22H24N4O2. The van der Waals surface area contributed by atoms with Gasteiger partial charge in [-0.2, -0.15) is 5.10 Å². The Hall–Kier alpha value is -3.15. The molecule has 1 aliphatic rings. The van der Waals surface area contributed by atoms with E-state index in [1.54, 1.807) is 7.11 Å². The molecule has 2 aromatic carbocycles. The fourth-order valence-electron chi connectivity index (χ4n) is 3.97. The summed E-state index contributed by atoms with van der Waals surface area (Å²) in [6, 6.07) is 15.7. The maximum absolute atomic E-state index is 13.7. The second-order valence-corrected chi connectivity index (χ2v) is 7.06. The zero-order chi connectivity index (χ0) is 19.3. The number of nitrogens with zero attached hydrogens (tertiary/aromatic N) is 3. The van der Waals surface area contributed by atoms with E-state index < -0.39 is 0 Å². The molecule has 6 heteroatoms. The molecule has 6 nitrogen and oxygen atoms in total. The number of carbonyl (C=O) groups is 1. The third-order valence-electron chi connectivity index (χ3n) is 5.39. The highest BCUT2D eigenvalue weighted by atomic mass is 16.5. The van der Waals surface area contributed by atoms with Gasteiger partial charge in [0.2, 0.25) is 0 Å². The maximum Gasteiger partial charge on any atom is 0.255 e. The number of aromatic amines is 1. The lowest BCUT2D eigenvalue weighted by Gasteiger charge is -2.30. The van der Waals surface area contributed by atoms with Gasteiger partial charge in [-0.15, -0.1) is 0 Å². The summed E-state index contributed by atoms with van der Waals surface area (Å²) in [7, 11) is 1.67. The van der Waals surface area contributed by atoms with Crippen molar-refractivity contribution in [1.29, 1.82) is 0 Å². The van der Waals surface area contributed by atoms with Crippen LogP contribution < -0.4 is 4.74 Å². The summed E-state index contributed by atoms with van der Waals surface area (Å²) in [5, 5.41) is 6.81. The predicted octanol–water partition coefficient (Wildman–Crippen LogP) is 4.07. The number of carbonyl (C=O) groups excluding carboxylic acids is 1. The summed E-state index contributed by atoms with van der Waals surface area (Å²) < 4.78 is 5.52. The molecule has 0 aliphatic heterocycles. The lowest BCUT2D eigenvalue weighted by atomic mass is 10.0. The summed E-state index contributed by atoms with van der Waals surface area (Å²) in [5.41, 5.74) is 2.43. The van der Waals surface area contributed by atoms with Crippen LogP contribution in [0.5, 0.6) is 5.75 Å². The van der Waals surface area contributed by atoms with E-state index in [4.69, 9.17) is 4.74 Å². The highest BCUT2D eigenvalue weighted by molar-refractivity contribution is 6.00. The summed E-state index contributed by atoms with van der Waals surface area (Å²) in [6.45, 7) is 0.526. The number of rotatable bonds is 6. The smallest absolute Gasteiger partial charge is 0.255 e. The SMILES string of the molecule is COc1ccccc1CN(C(=O)c1ccccc1-c1ncn[nH]1)C1CCCC1. The number of ether oxygens (including phenoxy) is 1. The molecule has 1 N–H and O–H groups in total. The number of amides is 1. The summed E-state index contributed by atoms with van der Waals surface area (Å²) in [6.07, 6.45) is 5.84. The number of para-hydroxylation sites is 1. The Morgan fingerprint density at radius 3 is 2.64 bits per heavy atom. The Labute approximate surface area is 164 Å². The Kier molecular flexibility index (Phi) is 5.37. The molecule has 0 unspecified atom stereocenters. The molecule has 1 aliphatic carbocycles. The first-order chi connectivity index (χ1) is 13.8. The Morgan fingerprint density at radius 2 is 1.89 bits per heavy atom. The van der Waals surface area contributed by atoms with Gasteiger partial charge in [-0.25, -0.2) is 4.98 Å². The van der Waals surface area contributed by atoms with E-state index in [1.165, 1.54) is 6.33 Å². The van der Waals surface area contributed by atoms with Crippen LogP contribution in [0.15, 0.2) is 54.9 Å². The Balaban J connectivity index is 1.71. The van der Waals surface area contributed by atoms with E-state index in [0.29, 0.717) is 17.9 Å². The molecule has 1 aromatic heterocycles. The summed E-state index contributed by atoms with van der Waals surface area (Å²) in [5.74, 6) is 1.43. The molecule has 28 heavy (non-hydrogen) atoms. The van der Waals surface area contributed by atoms with Gasteiger partial charge in [-0.05, 0) is 25.0 Å². The van der Waals surface area contributed by atoms with Crippen LogP contribution >= 0.6 is 0 Å². The monoisotopic (exact) mass is 376 g/mol. The van der Waals surface area contributed by atoms with Gasteiger partial charge in [0.15, 0.2) is 5.82 Å². The Bertz CT molecular complexity index is 933. The average molecular weight is 376 g/mol. The van der Waals surface area contributed by atoms with E-state index in [1.807, 2.05) is 53.4 Å². The molecule has 0 radical (unpaired) electrons. The molecule has 1 saturated carbocycles. The van der Waals surface area contributed by atoms with Crippen molar-refractivity contribution in [3.63, 3.8) is 0 Å². The van der Waals surface area contributed by atoms with Crippen LogP contribution in [0.4, 0.5) is 0 Å². The molecule has 1 amide bonds. The molecule has 144 valence electrons. The van der Waals surface area contributed by atoms with Crippen LogP contribution in [0.3, 0.4) is 0 Å². The van der Waals surface area contributed by atoms with Crippen molar-refractivity contribution in [2.24, 2.45) is 0 Å². The van der Waals surface area contributed by atoms with Crippen molar-refractivity contribution in [2.75, 3.05) is 7.11 Å². The van der Waals surface area contributed by atoms with Gasteiger partial charge in [0.05, 0.1) is 12.7 Å². The second-order valence-electron chi connectivity index (χ2n) is 7.06. The van der Waals surface area contributed by atoms with E-state index in [9.17, 15) is 4.79 Å². The third kappa shape index (κ3) is 3.63. The van der Waals surface area contributed by atoms with Crippen molar-refractivity contribution in [1.82, 2.24) is 20.1 Å². The highest BCUT2D eigenvalue weighted by Gasteiger charge is 2.29. The van der Waals surface area contributed by atoms with Crippen molar-refractivity contribution in [3.05, 3.63) is 66.0 Å². The first-order valence-electron chi connectivity index (χ1n) is 9.65. The van der Waals surface area contributed by atoms with Crippen LogP contribution in [-0.4, -0.2) is 39.1 Å². The van der Waals surface area contributed by atoms with Crippen molar-refractivity contribution in [2.45, 2.75) is 38.3 Å². The van der Waals surface area contributed by atoms with Gasteiger partial charge in [0, 0.05) is 23.7 Å². The molecule has 0 spiro atoms. The lowest BCUT2D eigenvalue weighted by Crippen LogP contribution is -2.38. The number of methoxy groups -OCH3 is 1. The first kappa shape index (κ1) is 18.2. The summed E-state index contributed by atoms with van der Waals surface area (Å²) >= 11 is 0. The van der Waals surface area contributed by atoms with E-state index in [2.05, 4.69) is 15.2 Å². The van der Waals surface area contributed by atoms with E-state index in [-0.39, 0.29) is 11.9 Å². The maximum atomic E-state index is 13.7. The number of aromatic nitrogens is 3. The minimum absolute atomic E-state index is 0.0183. The minimum atomic E-state index is 0.0183. The fourth-order valence-corrected chi connectivity index (χ4v) is 3.97. The first-order valence-corrected chi connectivity index (χ1v) is 9.65. The average Bonchev–Trinajstić information content (AvgIpc) is 3.46. The van der Waals surface area contributed by atoms with Gasteiger partial charge < -0.3 is 9.64 Å². The van der Waals surface area contributed by atoms with Gasteiger partial charge in [0.25, 0.3) is 5.91 Å². The molecule has 3 aromatic rings. The van der Waals surface area contributed by atoms with Crippen LogP contribution in [0.1, 0.15) is 41.6 Å². The zero-order valence-corrected chi connectivity index (χ0v) is 16.0. The van der Waals surface area contributed by atoms with E-state index in [0.717, 1.165) is 42.6 Å². The van der Waals surface area contributed by atoms with Crippen LogP contribution in [0.25, 0.3) is 11.4 Å². The molecule has 0 bridgehead atoms. The second kappa shape index (κ2) is 8.25. The minimum Gasteiger partial charge on any atom is -0.496 e. The molecule has 0 atom stereocenters. The topological polar surface area (TPSA) is 71.1 Å². The van der Waals surface area contributed by atoms with Gasteiger partial charge in [-0.3, -0.25) is 9.89 Å². The predicted molar refractivity (Wildman–Crippen MR) is 107 cm³/mol. The highest BCUT2D eigenvalue weighted by Crippen LogP contribution is 2.30. The number of hydrogen-bond donors (Lipinski definition) is 1. The standard InChI is InChI=1S/C22H24N4O2/c1-28-20-13-7-2-8-16(20)14-26(17-9-3-4-10-17)22(27)19-12-6-5-11-18(19)21-23-15-24-25-21/h2,5-8,11-13,15,17H,3-4,9-10,14H2,1H3,(H,23,24,25). The van der Waals surface area contributed by atoms with E-state index >= 15 is 0 Å². The number of benzene rings is 2. The number of H-pyrrole nitrogens is 1. The molecule has 4 rings (SSSR count). The van der Waals surface area contributed by atoms with Crippen molar-refractivity contribution < 1.29 is 9.53 Å². The van der Waals surface area contributed by atoms with Crippen LogP contribution in [-0.2, 0) is 6.54 Å². The molecule has 1 heterocycles. The number of nitrogens with one attached hydrogen (secondary N) is 1. The number of hydrogen-bond acceptors (Lipinski definition) is 4. The normalized spacial score (nSPS) is 14.2. The lowest BCUT2D eigenvalue weighted by molar-refractivity contribution is 0.0664. The molecular weight excluding hydrogens is 352 g/mol. The zero-order valence-electron chi connectivity index (χ0n) is 16.0. The molecule has 0 saturated heterocycles. The van der Waals surface area contributed by atoms with Crippen LogP contribution in [0, 0.1) is 0 Å². The summed E-state index contributed by atoms with van der Waals surface area (Å²) in [4.78, 5) is 19.9. The largest absolute Gasteiger partial charge is 0.496 e.